The van der Waals surface area contributed by atoms with E-state index in [1.54, 1.807) is 0 Å². The van der Waals surface area contributed by atoms with Gasteiger partial charge in [-0.25, -0.2) is 0 Å². The second-order valence-corrected chi connectivity index (χ2v) is 4.30. The highest BCUT2D eigenvalue weighted by molar-refractivity contribution is 5.29. The highest BCUT2D eigenvalue weighted by atomic mass is 16.3. The van der Waals surface area contributed by atoms with Gasteiger partial charge in [-0.15, -0.1) is 0 Å². The van der Waals surface area contributed by atoms with Crippen molar-refractivity contribution in [2.75, 3.05) is 0 Å². The van der Waals surface area contributed by atoms with Gasteiger partial charge in [-0.1, -0.05) is 43.7 Å². The summed E-state index contributed by atoms with van der Waals surface area (Å²) in [7, 11) is 0. The van der Waals surface area contributed by atoms with Gasteiger partial charge < -0.3 is 5.11 Å². The standard InChI is InChI=1S/C13H18O/c1-2-12(14)13(9-6-10-13)11-7-4-3-5-8-11/h3-5,7-8,12,14H,2,6,9-10H2,1H3/t12-/m1/s1. The molecule has 0 bridgehead atoms. The number of aliphatic hydroxyl groups is 1. The van der Waals surface area contributed by atoms with Crippen LogP contribution in [0.5, 0.6) is 0 Å². The first kappa shape index (κ1) is 9.72. The molecule has 2 rings (SSSR count). The molecule has 0 amide bonds. The number of benzene rings is 1. The van der Waals surface area contributed by atoms with E-state index >= 15 is 0 Å². The smallest absolute Gasteiger partial charge is 0.0634 e. The maximum absolute atomic E-state index is 10.1. The van der Waals surface area contributed by atoms with Crippen molar-refractivity contribution in [2.45, 2.75) is 44.1 Å². The van der Waals surface area contributed by atoms with E-state index < -0.39 is 0 Å². The van der Waals surface area contributed by atoms with Crippen LogP contribution in [0.2, 0.25) is 0 Å². The molecule has 0 saturated heterocycles. The largest absolute Gasteiger partial charge is 0.392 e. The average molecular weight is 190 g/mol. The van der Waals surface area contributed by atoms with Crippen LogP contribution in [-0.2, 0) is 5.41 Å². The minimum absolute atomic E-state index is 0.0794. The van der Waals surface area contributed by atoms with Gasteiger partial charge in [0.25, 0.3) is 0 Å². The Hall–Kier alpha value is -0.820. The first-order valence-corrected chi connectivity index (χ1v) is 5.53. The molecule has 1 nitrogen and oxygen atoms in total. The van der Waals surface area contributed by atoms with E-state index in [0.717, 1.165) is 19.3 Å². The van der Waals surface area contributed by atoms with E-state index in [2.05, 4.69) is 31.2 Å². The minimum Gasteiger partial charge on any atom is -0.392 e. The molecule has 14 heavy (non-hydrogen) atoms. The van der Waals surface area contributed by atoms with E-state index in [1.807, 2.05) is 6.07 Å². The van der Waals surface area contributed by atoms with Gasteiger partial charge in [0.1, 0.15) is 0 Å². The summed E-state index contributed by atoms with van der Waals surface area (Å²) >= 11 is 0. The van der Waals surface area contributed by atoms with Crippen LogP contribution in [0.1, 0.15) is 38.2 Å². The van der Waals surface area contributed by atoms with Crippen molar-refractivity contribution in [3.63, 3.8) is 0 Å². The van der Waals surface area contributed by atoms with Gasteiger partial charge in [0.05, 0.1) is 6.10 Å². The molecule has 1 atom stereocenters. The maximum atomic E-state index is 10.1. The SMILES string of the molecule is CC[C@@H](O)C1(c2ccccc2)CCC1. The van der Waals surface area contributed by atoms with Crippen molar-refractivity contribution in [3.05, 3.63) is 35.9 Å². The number of hydrogen-bond donors (Lipinski definition) is 1. The lowest BCUT2D eigenvalue weighted by Crippen LogP contribution is -2.45. The van der Waals surface area contributed by atoms with Gasteiger partial charge in [-0.2, -0.15) is 0 Å². The van der Waals surface area contributed by atoms with Crippen LogP contribution in [0.3, 0.4) is 0 Å². The Morgan fingerprint density at radius 1 is 1.29 bits per heavy atom. The lowest BCUT2D eigenvalue weighted by atomic mass is 9.60. The van der Waals surface area contributed by atoms with Crippen molar-refractivity contribution >= 4 is 0 Å². The quantitative estimate of drug-likeness (QED) is 0.777. The Morgan fingerprint density at radius 2 is 1.93 bits per heavy atom. The average Bonchev–Trinajstić information content (AvgIpc) is 2.17. The first-order valence-electron chi connectivity index (χ1n) is 5.53. The van der Waals surface area contributed by atoms with Gasteiger partial charge >= 0.3 is 0 Å². The molecule has 0 aliphatic heterocycles. The van der Waals surface area contributed by atoms with E-state index in [9.17, 15) is 5.11 Å². The number of hydrogen-bond acceptors (Lipinski definition) is 1. The maximum Gasteiger partial charge on any atom is 0.0634 e. The third kappa shape index (κ3) is 1.36. The van der Waals surface area contributed by atoms with Crippen LogP contribution in [0.15, 0.2) is 30.3 Å². The van der Waals surface area contributed by atoms with Crippen LogP contribution in [0.25, 0.3) is 0 Å². The Morgan fingerprint density at radius 3 is 2.36 bits per heavy atom. The molecule has 1 aliphatic rings. The van der Waals surface area contributed by atoms with Gasteiger partial charge in [-0.3, -0.25) is 0 Å². The zero-order chi connectivity index (χ0) is 10.0. The summed E-state index contributed by atoms with van der Waals surface area (Å²) in [6.07, 6.45) is 4.23. The molecule has 1 heteroatoms. The third-order valence-electron chi connectivity index (χ3n) is 3.62. The fourth-order valence-corrected chi connectivity index (χ4v) is 2.53. The normalized spacial score (nSPS) is 21.3. The van der Waals surface area contributed by atoms with Crippen molar-refractivity contribution < 1.29 is 5.11 Å². The zero-order valence-electron chi connectivity index (χ0n) is 8.74. The second kappa shape index (κ2) is 3.74. The third-order valence-corrected chi connectivity index (χ3v) is 3.62. The molecular formula is C13H18O. The lowest BCUT2D eigenvalue weighted by molar-refractivity contribution is 0.0257. The second-order valence-electron chi connectivity index (χ2n) is 4.30. The topological polar surface area (TPSA) is 20.2 Å². The minimum atomic E-state index is -0.168. The summed E-state index contributed by atoms with van der Waals surface area (Å²) in [6, 6.07) is 10.5. The van der Waals surface area contributed by atoms with Crippen molar-refractivity contribution in [3.8, 4) is 0 Å². The highest BCUT2D eigenvalue weighted by Gasteiger charge is 2.43. The van der Waals surface area contributed by atoms with Crippen molar-refractivity contribution in [2.24, 2.45) is 0 Å². The molecule has 1 fully saturated rings. The van der Waals surface area contributed by atoms with E-state index in [-0.39, 0.29) is 11.5 Å². The zero-order valence-corrected chi connectivity index (χ0v) is 8.74. The molecule has 0 aromatic heterocycles. The van der Waals surface area contributed by atoms with Crippen LogP contribution >= 0.6 is 0 Å². The van der Waals surface area contributed by atoms with Crippen LogP contribution in [0, 0.1) is 0 Å². The molecule has 1 saturated carbocycles. The molecule has 0 spiro atoms. The summed E-state index contributed by atoms with van der Waals surface area (Å²) in [4.78, 5) is 0. The molecule has 1 aromatic rings. The summed E-state index contributed by atoms with van der Waals surface area (Å²) in [5, 5.41) is 10.1. The molecular weight excluding hydrogens is 172 g/mol. The molecule has 0 unspecified atom stereocenters. The molecule has 0 radical (unpaired) electrons. The van der Waals surface area contributed by atoms with Gasteiger partial charge in [-0.05, 0) is 24.8 Å². The Labute approximate surface area is 85.8 Å². The van der Waals surface area contributed by atoms with Crippen molar-refractivity contribution in [1.82, 2.24) is 0 Å². The summed E-state index contributed by atoms with van der Waals surface area (Å²) in [6.45, 7) is 2.06. The predicted octanol–water partition coefficient (Wildman–Crippen LogP) is 2.88. The van der Waals surface area contributed by atoms with Gasteiger partial charge in [0.15, 0.2) is 0 Å². The lowest BCUT2D eigenvalue weighted by Gasteiger charge is -2.46. The summed E-state index contributed by atoms with van der Waals surface area (Å²) < 4.78 is 0. The Balaban J connectivity index is 2.29. The molecule has 1 aromatic carbocycles. The van der Waals surface area contributed by atoms with Crippen molar-refractivity contribution in [1.29, 1.82) is 0 Å². The van der Waals surface area contributed by atoms with Crippen LogP contribution in [0.4, 0.5) is 0 Å². The molecule has 1 aliphatic carbocycles. The summed E-state index contributed by atoms with van der Waals surface area (Å²) in [5.74, 6) is 0. The summed E-state index contributed by atoms with van der Waals surface area (Å²) in [5.41, 5.74) is 1.40. The monoisotopic (exact) mass is 190 g/mol. The molecule has 0 heterocycles. The fraction of sp³-hybridized carbons (Fsp3) is 0.538. The molecule has 1 N–H and O–H groups in total. The highest BCUT2D eigenvalue weighted by Crippen LogP contribution is 2.47. The first-order chi connectivity index (χ1) is 6.79. The van der Waals surface area contributed by atoms with Crippen LogP contribution < -0.4 is 0 Å². The fourth-order valence-electron chi connectivity index (χ4n) is 2.53. The van der Waals surface area contributed by atoms with E-state index in [1.165, 1.54) is 12.0 Å². The Kier molecular flexibility index (Phi) is 2.60. The van der Waals surface area contributed by atoms with Crippen LogP contribution in [-0.4, -0.2) is 11.2 Å². The van der Waals surface area contributed by atoms with Gasteiger partial charge in [0, 0.05) is 5.41 Å². The van der Waals surface area contributed by atoms with Gasteiger partial charge in [0.2, 0.25) is 0 Å². The molecule has 76 valence electrons. The van der Waals surface area contributed by atoms with E-state index in [4.69, 9.17) is 0 Å². The Bertz CT molecular complexity index is 287. The predicted molar refractivity (Wildman–Crippen MR) is 58.3 cm³/mol. The number of aliphatic hydroxyl groups excluding tert-OH is 1. The number of rotatable bonds is 3. The van der Waals surface area contributed by atoms with E-state index in [0.29, 0.717) is 0 Å².